The Morgan fingerprint density at radius 2 is 1.86 bits per heavy atom. The normalized spacial score (nSPS) is 11.6. The third-order valence-corrected chi connectivity index (χ3v) is 5.16. The largest absolute Gasteiger partial charge is 0.461 e. The highest BCUT2D eigenvalue weighted by Gasteiger charge is 2.19. The second-order valence-electron chi connectivity index (χ2n) is 8.04. The summed E-state index contributed by atoms with van der Waals surface area (Å²) in [6.07, 6.45) is 2.49. The minimum Gasteiger partial charge on any atom is -0.461 e. The maximum atomic E-state index is 12.5. The molecule has 2 aromatic rings. The van der Waals surface area contributed by atoms with Gasteiger partial charge in [0.05, 0.1) is 0 Å². The van der Waals surface area contributed by atoms with E-state index in [1.807, 2.05) is 43.3 Å². The standard InChI is InChI=1S/C22H31N3O3S/c1-7-14-29-21-23-15-18(20(26)27-13-12-25(5)6)19(24-21)28-17-10-8-16(9-11-17)22(2,3)4/h8-11,15H,7,12-14H2,1-6H3. The molecule has 1 heterocycles. The van der Waals surface area contributed by atoms with E-state index in [4.69, 9.17) is 9.47 Å². The number of aromatic nitrogens is 2. The molecule has 0 unspecified atom stereocenters. The molecule has 1 aromatic heterocycles. The first-order chi connectivity index (χ1) is 13.7. The molecule has 2 rings (SSSR count). The molecule has 0 aliphatic rings. The molecular weight excluding hydrogens is 386 g/mol. The van der Waals surface area contributed by atoms with Crippen LogP contribution < -0.4 is 4.74 Å². The Morgan fingerprint density at radius 3 is 2.45 bits per heavy atom. The maximum absolute atomic E-state index is 12.5. The molecule has 29 heavy (non-hydrogen) atoms. The van der Waals surface area contributed by atoms with Crippen molar-refractivity contribution in [2.24, 2.45) is 0 Å². The van der Waals surface area contributed by atoms with Gasteiger partial charge in [0.15, 0.2) is 5.16 Å². The highest BCUT2D eigenvalue weighted by molar-refractivity contribution is 7.99. The Hall–Kier alpha value is -2.12. The predicted molar refractivity (Wildman–Crippen MR) is 117 cm³/mol. The van der Waals surface area contributed by atoms with Crippen LogP contribution in [-0.4, -0.2) is 53.8 Å². The van der Waals surface area contributed by atoms with Gasteiger partial charge in [-0.15, -0.1) is 0 Å². The molecule has 0 fully saturated rings. The lowest BCUT2D eigenvalue weighted by atomic mass is 9.87. The van der Waals surface area contributed by atoms with Crippen LogP contribution in [0.2, 0.25) is 0 Å². The summed E-state index contributed by atoms with van der Waals surface area (Å²) >= 11 is 1.53. The quantitative estimate of drug-likeness (QED) is 0.330. The molecule has 6 nitrogen and oxygen atoms in total. The fourth-order valence-corrected chi connectivity index (χ4v) is 3.03. The molecule has 0 aliphatic carbocycles. The highest BCUT2D eigenvalue weighted by atomic mass is 32.2. The molecular formula is C22H31N3O3S. The van der Waals surface area contributed by atoms with Crippen molar-refractivity contribution in [3.63, 3.8) is 0 Å². The number of ether oxygens (including phenoxy) is 2. The second kappa shape index (κ2) is 10.6. The van der Waals surface area contributed by atoms with E-state index in [1.54, 1.807) is 0 Å². The number of esters is 1. The molecule has 0 amide bonds. The molecule has 0 saturated carbocycles. The number of hydrogen-bond donors (Lipinski definition) is 0. The molecule has 0 atom stereocenters. The third-order valence-electron chi connectivity index (χ3n) is 4.09. The van der Waals surface area contributed by atoms with Crippen LogP contribution in [0.3, 0.4) is 0 Å². The van der Waals surface area contributed by atoms with Crippen LogP contribution in [0.25, 0.3) is 0 Å². The predicted octanol–water partition coefficient (Wildman–Crippen LogP) is 4.79. The minimum atomic E-state index is -0.486. The van der Waals surface area contributed by atoms with Crippen LogP contribution in [0.15, 0.2) is 35.6 Å². The van der Waals surface area contributed by atoms with Crippen LogP contribution in [0.5, 0.6) is 11.6 Å². The number of likely N-dealkylation sites (N-methyl/N-ethyl adjacent to an activating group) is 1. The van der Waals surface area contributed by atoms with Gasteiger partial charge in [0.2, 0.25) is 5.88 Å². The van der Waals surface area contributed by atoms with E-state index < -0.39 is 5.97 Å². The van der Waals surface area contributed by atoms with Crippen LogP contribution >= 0.6 is 11.8 Å². The van der Waals surface area contributed by atoms with E-state index in [1.165, 1.54) is 23.5 Å². The maximum Gasteiger partial charge on any atom is 0.345 e. The Labute approximate surface area is 178 Å². The number of carbonyl (C=O) groups is 1. The molecule has 0 radical (unpaired) electrons. The molecule has 0 aliphatic heterocycles. The van der Waals surface area contributed by atoms with Gasteiger partial charge in [-0.2, -0.15) is 4.98 Å². The van der Waals surface area contributed by atoms with E-state index >= 15 is 0 Å². The molecule has 0 saturated heterocycles. The third kappa shape index (κ3) is 7.33. The topological polar surface area (TPSA) is 64.5 Å². The number of thioether (sulfide) groups is 1. The lowest BCUT2D eigenvalue weighted by Gasteiger charge is -2.19. The van der Waals surface area contributed by atoms with Gasteiger partial charge >= 0.3 is 5.97 Å². The summed E-state index contributed by atoms with van der Waals surface area (Å²) in [5, 5.41) is 0.581. The smallest absolute Gasteiger partial charge is 0.345 e. The van der Waals surface area contributed by atoms with E-state index in [0.717, 1.165) is 12.2 Å². The van der Waals surface area contributed by atoms with Gasteiger partial charge in [0.1, 0.15) is 17.9 Å². The SMILES string of the molecule is CCCSc1ncc(C(=O)OCCN(C)C)c(Oc2ccc(C(C)(C)C)cc2)n1. The van der Waals surface area contributed by atoms with Crippen molar-refractivity contribution in [1.82, 2.24) is 14.9 Å². The van der Waals surface area contributed by atoms with Gasteiger partial charge in [-0.3, -0.25) is 0 Å². The summed E-state index contributed by atoms with van der Waals surface area (Å²) < 4.78 is 11.3. The molecule has 1 aromatic carbocycles. The molecule has 0 bridgehead atoms. The number of hydrogen-bond acceptors (Lipinski definition) is 7. The molecule has 158 valence electrons. The summed E-state index contributed by atoms with van der Waals surface area (Å²) in [5.74, 6) is 1.24. The van der Waals surface area contributed by atoms with Gasteiger partial charge in [-0.1, -0.05) is 51.6 Å². The van der Waals surface area contributed by atoms with Crippen LogP contribution in [0, 0.1) is 0 Å². The Kier molecular flexibility index (Phi) is 8.46. The molecule has 0 N–H and O–H groups in total. The van der Waals surface area contributed by atoms with E-state index in [0.29, 0.717) is 17.5 Å². The molecule has 7 heteroatoms. The summed E-state index contributed by atoms with van der Waals surface area (Å²) in [5.41, 5.74) is 1.48. The van der Waals surface area contributed by atoms with Crippen LogP contribution in [0.4, 0.5) is 0 Å². The van der Waals surface area contributed by atoms with Crippen LogP contribution in [-0.2, 0) is 10.2 Å². The van der Waals surface area contributed by atoms with Crippen molar-refractivity contribution >= 4 is 17.7 Å². The number of carbonyl (C=O) groups excluding carboxylic acids is 1. The van der Waals surface area contributed by atoms with Crippen molar-refractivity contribution in [1.29, 1.82) is 0 Å². The van der Waals surface area contributed by atoms with Crippen molar-refractivity contribution < 1.29 is 14.3 Å². The zero-order valence-corrected chi connectivity index (χ0v) is 19.0. The first kappa shape index (κ1) is 23.2. The fraction of sp³-hybridized carbons (Fsp3) is 0.500. The number of rotatable bonds is 9. The number of benzene rings is 1. The summed E-state index contributed by atoms with van der Waals surface area (Å²) in [7, 11) is 3.85. The van der Waals surface area contributed by atoms with Gasteiger partial charge in [-0.05, 0) is 43.6 Å². The first-order valence-corrected chi connectivity index (χ1v) is 10.8. The summed E-state index contributed by atoms with van der Waals surface area (Å²) in [6.45, 7) is 9.50. The van der Waals surface area contributed by atoms with Crippen molar-refractivity contribution in [3.05, 3.63) is 41.6 Å². The van der Waals surface area contributed by atoms with E-state index in [-0.39, 0.29) is 23.5 Å². The lowest BCUT2D eigenvalue weighted by Crippen LogP contribution is -2.20. The zero-order valence-electron chi connectivity index (χ0n) is 18.2. The van der Waals surface area contributed by atoms with Crippen molar-refractivity contribution in [2.45, 2.75) is 44.7 Å². The Morgan fingerprint density at radius 1 is 1.17 bits per heavy atom. The van der Waals surface area contributed by atoms with Crippen molar-refractivity contribution in [3.8, 4) is 11.6 Å². The number of nitrogens with zero attached hydrogens (tertiary/aromatic N) is 3. The minimum absolute atomic E-state index is 0.0544. The van der Waals surface area contributed by atoms with E-state index in [2.05, 4.69) is 37.7 Å². The summed E-state index contributed by atoms with van der Waals surface area (Å²) in [4.78, 5) is 23.2. The van der Waals surface area contributed by atoms with E-state index in [9.17, 15) is 4.79 Å². The van der Waals surface area contributed by atoms with Gasteiger partial charge in [-0.25, -0.2) is 9.78 Å². The summed E-state index contributed by atoms with van der Waals surface area (Å²) in [6, 6.07) is 7.84. The van der Waals surface area contributed by atoms with Crippen LogP contribution in [0.1, 0.15) is 50.0 Å². The average Bonchev–Trinajstić information content (AvgIpc) is 2.66. The molecule has 0 spiro atoms. The first-order valence-electron chi connectivity index (χ1n) is 9.80. The zero-order chi connectivity index (χ0) is 21.4. The van der Waals surface area contributed by atoms with Gasteiger partial charge < -0.3 is 14.4 Å². The van der Waals surface area contributed by atoms with Gasteiger partial charge in [0.25, 0.3) is 0 Å². The highest BCUT2D eigenvalue weighted by Crippen LogP contribution is 2.29. The monoisotopic (exact) mass is 417 g/mol. The van der Waals surface area contributed by atoms with Crippen molar-refractivity contribution in [2.75, 3.05) is 33.0 Å². The Balaban J connectivity index is 2.24. The Bertz CT molecular complexity index is 802. The average molecular weight is 418 g/mol. The second-order valence-corrected chi connectivity index (χ2v) is 9.10. The lowest BCUT2D eigenvalue weighted by molar-refractivity contribution is 0.0477. The fourth-order valence-electron chi connectivity index (χ4n) is 2.36. The van der Waals surface area contributed by atoms with Gasteiger partial charge in [0, 0.05) is 18.5 Å².